The number of fused-ring (bicyclic) bond motifs is 1. The standard InChI is InChI=1S/C32H36N2O7/c35-20-27-30(41-28(36)17-16-22-10-4-1-5-11-22)31(38-21-23-12-6-2-7-13-23)29-26(40-27)18-25(39-29)19-33-32(37)34-24-14-8-3-9-15-24/h1-15,25-27,29-31,35H,16-21H2,(H2,33,34,37)/t25?,26-,27-,29+,30-,31-/m1/s1. The number of amides is 2. The number of anilines is 1. The van der Waals surface area contributed by atoms with E-state index in [1.807, 2.05) is 78.9 Å². The van der Waals surface area contributed by atoms with E-state index in [1.165, 1.54) is 0 Å². The van der Waals surface area contributed by atoms with E-state index in [0.717, 1.165) is 11.1 Å². The van der Waals surface area contributed by atoms with E-state index in [-0.39, 0.29) is 38.3 Å². The fourth-order valence-corrected chi connectivity index (χ4v) is 5.26. The third kappa shape index (κ3) is 7.92. The number of hydrogen-bond acceptors (Lipinski definition) is 7. The zero-order valence-electron chi connectivity index (χ0n) is 22.8. The molecule has 2 saturated heterocycles. The highest BCUT2D eigenvalue weighted by Crippen LogP contribution is 2.36. The number of urea groups is 1. The number of nitrogens with one attached hydrogen (secondary N) is 2. The molecule has 0 aliphatic carbocycles. The summed E-state index contributed by atoms with van der Waals surface area (Å²) in [6, 6.07) is 28.2. The van der Waals surface area contributed by atoms with Crippen molar-refractivity contribution in [2.24, 2.45) is 0 Å². The number of ether oxygens (including phenoxy) is 4. The zero-order valence-corrected chi connectivity index (χ0v) is 22.8. The van der Waals surface area contributed by atoms with Gasteiger partial charge in [0.15, 0.2) is 6.10 Å². The van der Waals surface area contributed by atoms with Crippen LogP contribution < -0.4 is 10.6 Å². The van der Waals surface area contributed by atoms with Crippen molar-refractivity contribution in [1.29, 1.82) is 0 Å². The Balaban J connectivity index is 1.24. The van der Waals surface area contributed by atoms with Crippen molar-refractivity contribution in [3.63, 3.8) is 0 Å². The van der Waals surface area contributed by atoms with Crippen molar-refractivity contribution in [1.82, 2.24) is 5.32 Å². The number of esters is 1. The molecule has 0 bridgehead atoms. The van der Waals surface area contributed by atoms with Gasteiger partial charge < -0.3 is 34.7 Å². The molecule has 2 amide bonds. The molecule has 9 heteroatoms. The Bertz CT molecular complexity index is 1240. The van der Waals surface area contributed by atoms with Crippen LogP contribution in [0.4, 0.5) is 10.5 Å². The molecule has 6 atom stereocenters. The van der Waals surface area contributed by atoms with Gasteiger partial charge in [-0.1, -0.05) is 78.9 Å². The van der Waals surface area contributed by atoms with Crippen LogP contribution in [0.2, 0.25) is 0 Å². The molecular weight excluding hydrogens is 524 g/mol. The van der Waals surface area contributed by atoms with Crippen LogP contribution in [0.15, 0.2) is 91.0 Å². The number of hydrogen-bond donors (Lipinski definition) is 3. The highest BCUT2D eigenvalue weighted by atomic mass is 16.6. The molecule has 2 aliphatic heterocycles. The van der Waals surface area contributed by atoms with Crippen molar-refractivity contribution < 1.29 is 33.6 Å². The number of rotatable bonds is 11. The zero-order chi connectivity index (χ0) is 28.4. The minimum absolute atomic E-state index is 0.183. The Kier molecular flexibility index (Phi) is 9.98. The number of carbonyl (C=O) groups is 2. The maximum absolute atomic E-state index is 12.9. The van der Waals surface area contributed by atoms with E-state index in [0.29, 0.717) is 18.5 Å². The van der Waals surface area contributed by atoms with Crippen molar-refractivity contribution in [3.05, 3.63) is 102 Å². The molecule has 0 saturated carbocycles. The first-order chi connectivity index (χ1) is 20.1. The number of aliphatic hydroxyl groups excluding tert-OH is 1. The average Bonchev–Trinajstić information content (AvgIpc) is 3.42. The highest BCUT2D eigenvalue weighted by Gasteiger charge is 2.53. The van der Waals surface area contributed by atoms with Gasteiger partial charge in [-0.05, 0) is 29.7 Å². The number of aryl methyl sites for hydroxylation is 1. The molecule has 9 nitrogen and oxygen atoms in total. The quantitative estimate of drug-likeness (QED) is 0.305. The van der Waals surface area contributed by atoms with E-state index in [2.05, 4.69) is 10.6 Å². The Morgan fingerprint density at radius 3 is 2.20 bits per heavy atom. The van der Waals surface area contributed by atoms with Gasteiger partial charge in [0.1, 0.15) is 18.3 Å². The minimum atomic E-state index is -0.860. The molecule has 1 unspecified atom stereocenters. The highest BCUT2D eigenvalue weighted by molar-refractivity contribution is 5.89. The average molecular weight is 561 g/mol. The summed E-state index contributed by atoms with van der Waals surface area (Å²) in [4.78, 5) is 25.4. The second-order valence-electron chi connectivity index (χ2n) is 10.3. The van der Waals surface area contributed by atoms with E-state index in [4.69, 9.17) is 18.9 Å². The van der Waals surface area contributed by atoms with Gasteiger partial charge in [0.05, 0.1) is 25.4 Å². The van der Waals surface area contributed by atoms with Gasteiger partial charge in [-0.3, -0.25) is 4.79 Å². The lowest BCUT2D eigenvalue weighted by Crippen LogP contribution is -2.59. The molecule has 3 aromatic carbocycles. The van der Waals surface area contributed by atoms with Crippen molar-refractivity contribution in [3.8, 4) is 0 Å². The van der Waals surface area contributed by atoms with Crippen LogP contribution >= 0.6 is 0 Å². The third-order valence-electron chi connectivity index (χ3n) is 7.29. The van der Waals surface area contributed by atoms with Gasteiger partial charge in [0.25, 0.3) is 0 Å². The summed E-state index contributed by atoms with van der Waals surface area (Å²) in [5.41, 5.74) is 2.68. The van der Waals surface area contributed by atoms with Crippen LogP contribution in [-0.2, 0) is 36.8 Å². The van der Waals surface area contributed by atoms with Crippen molar-refractivity contribution in [2.45, 2.75) is 62.5 Å². The molecule has 3 N–H and O–H groups in total. The second-order valence-corrected chi connectivity index (χ2v) is 10.3. The molecule has 0 aromatic heterocycles. The number of aliphatic hydroxyl groups is 1. The van der Waals surface area contributed by atoms with Gasteiger partial charge in [-0.2, -0.15) is 0 Å². The number of para-hydroxylation sites is 1. The van der Waals surface area contributed by atoms with Gasteiger partial charge >= 0.3 is 12.0 Å². The Morgan fingerprint density at radius 1 is 0.854 bits per heavy atom. The Labute approximate surface area is 239 Å². The third-order valence-corrected chi connectivity index (χ3v) is 7.29. The molecule has 216 valence electrons. The molecule has 3 aromatic rings. The van der Waals surface area contributed by atoms with E-state index in [1.54, 1.807) is 12.1 Å². The normalized spacial score (nSPS) is 25.2. The SMILES string of the molecule is O=C(NCC1C[C@H]2O[C@H](CO)[C@@H](OC(=O)CCc3ccccc3)[C@H](OCc3ccccc3)[C@H]2O1)Nc1ccccc1. The first-order valence-electron chi connectivity index (χ1n) is 14.0. The minimum Gasteiger partial charge on any atom is -0.457 e. The van der Waals surface area contributed by atoms with Crippen LogP contribution in [0.25, 0.3) is 0 Å². The predicted molar refractivity (Wildman–Crippen MR) is 152 cm³/mol. The fraction of sp³-hybridized carbons (Fsp3) is 0.375. The van der Waals surface area contributed by atoms with Crippen molar-refractivity contribution >= 4 is 17.7 Å². The van der Waals surface area contributed by atoms with E-state index >= 15 is 0 Å². The van der Waals surface area contributed by atoms with Crippen molar-refractivity contribution in [2.75, 3.05) is 18.5 Å². The summed E-state index contributed by atoms with van der Waals surface area (Å²) in [6.45, 7) is 0.190. The molecule has 41 heavy (non-hydrogen) atoms. The van der Waals surface area contributed by atoms with Gasteiger partial charge in [0.2, 0.25) is 0 Å². The lowest BCUT2D eigenvalue weighted by Gasteiger charge is -2.42. The molecule has 2 fully saturated rings. The lowest BCUT2D eigenvalue weighted by molar-refractivity contribution is -0.243. The van der Waals surface area contributed by atoms with Gasteiger partial charge in [0, 0.05) is 25.1 Å². The summed E-state index contributed by atoms with van der Waals surface area (Å²) in [7, 11) is 0. The maximum Gasteiger partial charge on any atom is 0.319 e. The van der Waals surface area contributed by atoms with Crippen LogP contribution in [0.3, 0.4) is 0 Å². The lowest BCUT2D eigenvalue weighted by atomic mass is 9.94. The van der Waals surface area contributed by atoms with Crippen LogP contribution in [0.1, 0.15) is 24.0 Å². The first kappa shape index (κ1) is 28.8. The topological polar surface area (TPSA) is 115 Å². The van der Waals surface area contributed by atoms with Gasteiger partial charge in [-0.15, -0.1) is 0 Å². The largest absolute Gasteiger partial charge is 0.457 e. The first-order valence-corrected chi connectivity index (χ1v) is 14.0. The van der Waals surface area contributed by atoms with E-state index < -0.39 is 36.5 Å². The number of benzene rings is 3. The Hall–Kier alpha value is -3.76. The molecular formula is C32H36N2O7. The summed E-state index contributed by atoms with van der Waals surface area (Å²) in [5, 5.41) is 15.9. The fourth-order valence-electron chi connectivity index (χ4n) is 5.26. The maximum atomic E-state index is 12.9. The molecule has 5 rings (SSSR count). The number of carbonyl (C=O) groups excluding carboxylic acids is 2. The molecule has 0 spiro atoms. The summed E-state index contributed by atoms with van der Waals surface area (Å²) >= 11 is 0. The smallest absolute Gasteiger partial charge is 0.319 e. The monoisotopic (exact) mass is 560 g/mol. The summed E-state index contributed by atoms with van der Waals surface area (Å²) < 4.78 is 24.8. The van der Waals surface area contributed by atoms with Gasteiger partial charge in [-0.25, -0.2) is 4.79 Å². The predicted octanol–water partition coefficient (Wildman–Crippen LogP) is 3.86. The van der Waals surface area contributed by atoms with Crippen LogP contribution in [-0.4, -0.2) is 66.9 Å². The Morgan fingerprint density at radius 2 is 1.51 bits per heavy atom. The van der Waals surface area contributed by atoms with Crippen LogP contribution in [0.5, 0.6) is 0 Å². The van der Waals surface area contributed by atoms with E-state index in [9.17, 15) is 14.7 Å². The molecule has 2 heterocycles. The molecule has 0 radical (unpaired) electrons. The summed E-state index contributed by atoms with van der Waals surface area (Å²) in [6.07, 6.45) is -2.37. The second kappa shape index (κ2) is 14.2. The van der Waals surface area contributed by atoms with Crippen LogP contribution in [0, 0.1) is 0 Å². The summed E-state index contributed by atoms with van der Waals surface area (Å²) in [5.74, 6) is -0.401. The molecule has 2 aliphatic rings.